The lowest BCUT2D eigenvalue weighted by Gasteiger charge is -2.09. The first kappa shape index (κ1) is 10.8. The van der Waals surface area contributed by atoms with E-state index in [0.717, 1.165) is 29.8 Å². The number of rotatable bonds is 1. The fourth-order valence-electron chi connectivity index (χ4n) is 1.16. The van der Waals surface area contributed by atoms with Crippen LogP contribution in [0.15, 0.2) is 18.5 Å². The minimum absolute atomic E-state index is 0.107. The number of aromatic nitrogens is 3. The van der Waals surface area contributed by atoms with E-state index in [4.69, 9.17) is 5.73 Å². The number of alkyl halides is 3. The fraction of sp³-hybridized carbons (Fsp3) is 0.125. The first-order chi connectivity index (χ1) is 7.48. The average Bonchev–Trinajstić information content (AvgIpc) is 2.64. The van der Waals surface area contributed by atoms with E-state index in [9.17, 15) is 13.2 Å². The predicted molar refractivity (Wildman–Crippen MR) is 52.6 cm³/mol. The van der Waals surface area contributed by atoms with Gasteiger partial charge in [-0.3, -0.25) is 4.98 Å². The molecule has 0 aliphatic heterocycles. The summed E-state index contributed by atoms with van der Waals surface area (Å²) in [5, 5.41) is 7.26. The number of anilines is 1. The van der Waals surface area contributed by atoms with Crippen molar-refractivity contribution in [2.24, 2.45) is 0 Å². The Kier molecular flexibility index (Phi) is 2.50. The number of nitrogens with two attached hydrogens (primary N) is 1. The van der Waals surface area contributed by atoms with Crippen molar-refractivity contribution in [2.75, 3.05) is 5.73 Å². The van der Waals surface area contributed by atoms with Gasteiger partial charge in [-0.05, 0) is 6.07 Å². The lowest BCUT2D eigenvalue weighted by Crippen LogP contribution is -2.07. The number of hydrogen-bond donors (Lipinski definition) is 1. The maximum absolute atomic E-state index is 12.6. The minimum atomic E-state index is -4.45. The van der Waals surface area contributed by atoms with Crippen LogP contribution in [-0.4, -0.2) is 15.2 Å². The van der Waals surface area contributed by atoms with Crippen molar-refractivity contribution in [1.29, 1.82) is 0 Å². The number of hydrogen-bond acceptors (Lipinski definition) is 5. The molecule has 0 bridgehead atoms. The highest BCUT2D eigenvalue weighted by Gasteiger charge is 2.34. The second-order valence-electron chi connectivity index (χ2n) is 2.86. The maximum Gasteiger partial charge on any atom is 0.417 e. The minimum Gasteiger partial charge on any atom is -0.374 e. The molecular formula is C8H5F3N4S. The van der Waals surface area contributed by atoms with Crippen molar-refractivity contribution in [3.8, 4) is 10.6 Å². The smallest absolute Gasteiger partial charge is 0.374 e. The molecule has 0 radical (unpaired) electrons. The van der Waals surface area contributed by atoms with E-state index in [1.165, 1.54) is 0 Å². The SMILES string of the molecule is Nc1nnc(-c2cnccc2C(F)(F)F)s1. The van der Waals surface area contributed by atoms with Gasteiger partial charge in [-0.1, -0.05) is 11.3 Å². The van der Waals surface area contributed by atoms with Gasteiger partial charge in [0.15, 0.2) is 5.01 Å². The van der Waals surface area contributed by atoms with Crippen molar-refractivity contribution in [1.82, 2.24) is 15.2 Å². The predicted octanol–water partition coefficient (Wildman–Crippen LogP) is 2.20. The Morgan fingerprint density at radius 3 is 2.56 bits per heavy atom. The average molecular weight is 246 g/mol. The van der Waals surface area contributed by atoms with E-state index in [1.807, 2.05) is 0 Å². The summed E-state index contributed by atoms with van der Waals surface area (Å²) in [6.07, 6.45) is -2.27. The molecule has 84 valence electrons. The van der Waals surface area contributed by atoms with E-state index >= 15 is 0 Å². The highest BCUT2D eigenvalue weighted by molar-refractivity contribution is 7.18. The molecule has 0 amide bonds. The highest BCUT2D eigenvalue weighted by Crippen LogP contribution is 2.37. The molecule has 2 heterocycles. The van der Waals surface area contributed by atoms with E-state index in [1.54, 1.807) is 0 Å². The first-order valence-corrected chi connectivity index (χ1v) is 4.90. The van der Waals surface area contributed by atoms with Gasteiger partial charge in [-0.25, -0.2) is 0 Å². The molecule has 2 N–H and O–H groups in total. The maximum atomic E-state index is 12.6. The van der Waals surface area contributed by atoms with E-state index < -0.39 is 11.7 Å². The zero-order valence-corrected chi connectivity index (χ0v) is 8.51. The van der Waals surface area contributed by atoms with Crippen molar-refractivity contribution in [3.63, 3.8) is 0 Å². The zero-order valence-electron chi connectivity index (χ0n) is 7.69. The number of halogens is 3. The van der Waals surface area contributed by atoms with Gasteiger partial charge >= 0.3 is 6.18 Å². The molecule has 2 aromatic rings. The van der Waals surface area contributed by atoms with Gasteiger partial charge in [0.1, 0.15) is 0 Å². The van der Waals surface area contributed by atoms with Crippen LogP contribution in [0.5, 0.6) is 0 Å². The summed E-state index contributed by atoms with van der Waals surface area (Å²) in [5.41, 5.74) is 4.42. The fourth-order valence-corrected chi connectivity index (χ4v) is 1.79. The quantitative estimate of drug-likeness (QED) is 0.837. The molecule has 0 atom stereocenters. The van der Waals surface area contributed by atoms with Crippen LogP contribution in [-0.2, 0) is 6.18 Å². The Morgan fingerprint density at radius 2 is 2.00 bits per heavy atom. The standard InChI is InChI=1S/C8H5F3N4S/c9-8(10,11)5-1-2-13-3-4(5)6-14-15-7(12)16-6/h1-3H,(H2,12,15). The number of pyridine rings is 1. The second kappa shape index (κ2) is 3.71. The van der Waals surface area contributed by atoms with Gasteiger partial charge in [0.2, 0.25) is 5.13 Å². The Balaban J connectivity index is 2.57. The largest absolute Gasteiger partial charge is 0.417 e. The summed E-state index contributed by atoms with van der Waals surface area (Å²) in [5.74, 6) is 0. The summed E-state index contributed by atoms with van der Waals surface area (Å²) in [6, 6.07) is 0.896. The monoisotopic (exact) mass is 246 g/mol. The van der Waals surface area contributed by atoms with E-state index in [-0.39, 0.29) is 15.7 Å². The van der Waals surface area contributed by atoms with Crippen LogP contribution in [0.4, 0.5) is 18.3 Å². The summed E-state index contributed by atoms with van der Waals surface area (Å²) in [7, 11) is 0. The van der Waals surface area contributed by atoms with Crippen LogP contribution >= 0.6 is 11.3 Å². The van der Waals surface area contributed by atoms with Gasteiger partial charge in [0.25, 0.3) is 0 Å². The normalized spacial score (nSPS) is 11.7. The van der Waals surface area contributed by atoms with Crippen LogP contribution in [0.3, 0.4) is 0 Å². The molecule has 16 heavy (non-hydrogen) atoms. The summed E-state index contributed by atoms with van der Waals surface area (Å²) in [6.45, 7) is 0. The lowest BCUT2D eigenvalue weighted by molar-refractivity contribution is -0.137. The molecule has 0 unspecified atom stereocenters. The van der Waals surface area contributed by atoms with Crippen LogP contribution in [0, 0.1) is 0 Å². The molecule has 2 rings (SSSR count). The molecule has 0 fully saturated rings. The van der Waals surface area contributed by atoms with Gasteiger partial charge < -0.3 is 5.73 Å². The van der Waals surface area contributed by atoms with Gasteiger partial charge in [0.05, 0.1) is 5.56 Å². The van der Waals surface area contributed by atoms with Gasteiger partial charge in [-0.2, -0.15) is 13.2 Å². The molecule has 0 aromatic carbocycles. The van der Waals surface area contributed by atoms with Gasteiger partial charge in [0, 0.05) is 18.0 Å². The van der Waals surface area contributed by atoms with E-state index in [2.05, 4.69) is 15.2 Å². The zero-order chi connectivity index (χ0) is 11.8. The van der Waals surface area contributed by atoms with Crippen molar-refractivity contribution >= 4 is 16.5 Å². The van der Waals surface area contributed by atoms with Crippen LogP contribution in [0.1, 0.15) is 5.56 Å². The summed E-state index contributed by atoms with van der Waals surface area (Å²) < 4.78 is 37.9. The van der Waals surface area contributed by atoms with Crippen molar-refractivity contribution < 1.29 is 13.2 Å². The summed E-state index contributed by atoms with van der Waals surface area (Å²) >= 11 is 0.887. The number of nitrogen functional groups attached to an aromatic ring is 1. The molecule has 0 saturated heterocycles. The Morgan fingerprint density at radius 1 is 1.25 bits per heavy atom. The first-order valence-electron chi connectivity index (χ1n) is 4.09. The second-order valence-corrected chi connectivity index (χ2v) is 3.87. The Bertz CT molecular complexity index is 508. The van der Waals surface area contributed by atoms with E-state index in [0.29, 0.717) is 0 Å². The van der Waals surface area contributed by atoms with Crippen molar-refractivity contribution in [3.05, 3.63) is 24.0 Å². The molecule has 8 heteroatoms. The third kappa shape index (κ3) is 1.96. The lowest BCUT2D eigenvalue weighted by atomic mass is 10.1. The van der Waals surface area contributed by atoms with Crippen molar-refractivity contribution in [2.45, 2.75) is 6.18 Å². The van der Waals surface area contributed by atoms with Crippen LogP contribution in [0.25, 0.3) is 10.6 Å². The van der Waals surface area contributed by atoms with Crippen LogP contribution in [0.2, 0.25) is 0 Å². The van der Waals surface area contributed by atoms with Crippen LogP contribution < -0.4 is 5.73 Å². The Hall–Kier alpha value is -1.70. The topological polar surface area (TPSA) is 64.7 Å². The summed E-state index contributed by atoms with van der Waals surface area (Å²) in [4.78, 5) is 3.64. The number of nitrogens with zero attached hydrogens (tertiary/aromatic N) is 3. The molecule has 2 aromatic heterocycles. The molecule has 0 spiro atoms. The molecule has 0 saturated carbocycles. The third-order valence-corrected chi connectivity index (χ3v) is 2.58. The van der Waals surface area contributed by atoms with Gasteiger partial charge in [-0.15, -0.1) is 10.2 Å². The molecule has 0 aliphatic carbocycles. The molecular weight excluding hydrogens is 241 g/mol. The Labute approximate surface area is 92.0 Å². The molecule has 4 nitrogen and oxygen atoms in total. The third-order valence-electron chi connectivity index (χ3n) is 1.80. The molecule has 0 aliphatic rings. The highest BCUT2D eigenvalue weighted by atomic mass is 32.1.